The van der Waals surface area contributed by atoms with Gasteiger partial charge in [-0.15, -0.1) is 11.8 Å². The molecule has 2 aromatic rings. The molecular weight excluding hydrogens is 286 g/mol. The average molecular weight is 306 g/mol. The minimum absolute atomic E-state index is 0.109. The van der Waals surface area contributed by atoms with Gasteiger partial charge in [-0.25, -0.2) is 0 Å². The van der Waals surface area contributed by atoms with Crippen LogP contribution in [0.25, 0.3) is 0 Å². The van der Waals surface area contributed by atoms with Crippen molar-refractivity contribution in [1.82, 2.24) is 0 Å². The molecular formula is C17H20ClNS. The molecule has 1 nitrogen and oxygen atoms in total. The molecule has 0 heterocycles. The van der Waals surface area contributed by atoms with Crippen LogP contribution in [0.15, 0.2) is 53.4 Å². The van der Waals surface area contributed by atoms with Gasteiger partial charge in [-0.3, -0.25) is 0 Å². The zero-order valence-corrected chi connectivity index (χ0v) is 13.4. The van der Waals surface area contributed by atoms with Crippen LogP contribution in [0.4, 0.5) is 0 Å². The first-order valence-corrected chi connectivity index (χ1v) is 8.11. The highest BCUT2D eigenvalue weighted by Gasteiger charge is 2.20. The quantitative estimate of drug-likeness (QED) is 0.766. The Bertz CT molecular complexity index is 570. The van der Waals surface area contributed by atoms with E-state index in [1.807, 2.05) is 30.0 Å². The Morgan fingerprint density at radius 1 is 1.15 bits per heavy atom. The summed E-state index contributed by atoms with van der Waals surface area (Å²) in [5.74, 6) is 0. The zero-order valence-electron chi connectivity index (χ0n) is 11.8. The normalized spacial score (nSPS) is 14.0. The van der Waals surface area contributed by atoms with Gasteiger partial charge in [-0.1, -0.05) is 48.9 Å². The minimum Gasteiger partial charge on any atom is -0.326 e. The topological polar surface area (TPSA) is 26.0 Å². The molecule has 2 unspecified atom stereocenters. The van der Waals surface area contributed by atoms with E-state index in [-0.39, 0.29) is 11.3 Å². The lowest BCUT2D eigenvalue weighted by atomic mass is 10.0. The van der Waals surface area contributed by atoms with Gasteiger partial charge in [0, 0.05) is 21.2 Å². The lowest BCUT2D eigenvalue weighted by Crippen LogP contribution is -2.25. The number of aryl methyl sites for hydroxylation is 1. The van der Waals surface area contributed by atoms with Crippen molar-refractivity contribution in [2.24, 2.45) is 5.73 Å². The smallest absolute Gasteiger partial charge is 0.0496 e. The first-order chi connectivity index (χ1) is 9.61. The van der Waals surface area contributed by atoms with E-state index >= 15 is 0 Å². The standard InChI is InChI=1S/C17H20ClNS/c1-3-15(19)17(13-8-6-9-14(18)11-13)20-16-10-5-4-7-12(16)2/h4-11,15,17H,3,19H2,1-2H3. The molecule has 0 spiro atoms. The molecule has 0 aromatic heterocycles. The number of benzene rings is 2. The molecule has 20 heavy (non-hydrogen) atoms. The van der Waals surface area contributed by atoms with Gasteiger partial charge in [-0.2, -0.15) is 0 Å². The van der Waals surface area contributed by atoms with Crippen LogP contribution >= 0.6 is 23.4 Å². The second kappa shape index (κ2) is 7.16. The van der Waals surface area contributed by atoms with Crippen molar-refractivity contribution in [1.29, 1.82) is 0 Å². The molecule has 0 aliphatic rings. The summed E-state index contributed by atoms with van der Waals surface area (Å²) >= 11 is 7.95. The molecule has 0 bridgehead atoms. The fraction of sp³-hybridized carbons (Fsp3) is 0.294. The van der Waals surface area contributed by atoms with E-state index in [0.29, 0.717) is 0 Å². The number of nitrogens with two attached hydrogens (primary N) is 1. The molecule has 2 rings (SSSR count). The van der Waals surface area contributed by atoms with Crippen LogP contribution in [0, 0.1) is 6.92 Å². The highest BCUT2D eigenvalue weighted by Crippen LogP contribution is 2.39. The van der Waals surface area contributed by atoms with Gasteiger partial charge < -0.3 is 5.73 Å². The van der Waals surface area contributed by atoms with Crippen LogP contribution in [0.2, 0.25) is 5.02 Å². The minimum atomic E-state index is 0.109. The Kier molecular flexibility index (Phi) is 5.53. The van der Waals surface area contributed by atoms with Gasteiger partial charge in [0.15, 0.2) is 0 Å². The van der Waals surface area contributed by atoms with Crippen LogP contribution in [0.1, 0.15) is 29.7 Å². The Morgan fingerprint density at radius 2 is 1.90 bits per heavy atom. The third-order valence-corrected chi connectivity index (χ3v) is 5.21. The van der Waals surface area contributed by atoms with Crippen molar-refractivity contribution in [2.75, 3.05) is 0 Å². The fourth-order valence-electron chi connectivity index (χ4n) is 2.13. The predicted molar refractivity (Wildman–Crippen MR) is 89.5 cm³/mol. The summed E-state index contributed by atoms with van der Waals surface area (Å²) in [5, 5.41) is 0.987. The fourth-order valence-corrected chi connectivity index (χ4v) is 3.66. The number of halogens is 1. The molecule has 0 saturated carbocycles. The van der Waals surface area contributed by atoms with Gasteiger partial charge in [0.25, 0.3) is 0 Å². The van der Waals surface area contributed by atoms with Gasteiger partial charge in [0.05, 0.1) is 0 Å². The van der Waals surface area contributed by atoms with Crippen LogP contribution < -0.4 is 5.73 Å². The second-order valence-corrected chi connectivity index (χ2v) is 6.55. The SMILES string of the molecule is CCC(N)C(Sc1ccccc1C)c1cccc(Cl)c1. The molecule has 0 aliphatic heterocycles. The molecule has 2 atom stereocenters. The van der Waals surface area contributed by atoms with Crippen LogP contribution in [-0.2, 0) is 0 Å². The van der Waals surface area contributed by atoms with Crippen molar-refractivity contribution in [3.63, 3.8) is 0 Å². The van der Waals surface area contributed by atoms with E-state index in [1.54, 1.807) is 0 Å². The molecule has 0 saturated heterocycles. The first kappa shape index (κ1) is 15.4. The summed E-state index contributed by atoms with van der Waals surface area (Å²) in [6.45, 7) is 4.26. The summed E-state index contributed by atoms with van der Waals surface area (Å²) in [5.41, 5.74) is 8.81. The van der Waals surface area contributed by atoms with Gasteiger partial charge >= 0.3 is 0 Å². The van der Waals surface area contributed by atoms with Crippen molar-refractivity contribution in [3.05, 3.63) is 64.7 Å². The van der Waals surface area contributed by atoms with Crippen LogP contribution in [-0.4, -0.2) is 6.04 Å². The Balaban J connectivity index is 2.31. The zero-order chi connectivity index (χ0) is 14.5. The molecule has 0 aliphatic carbocycles. The molecule has 2 N–H and O–H groups in total. The summed E-state index contributed by atoms with van der Waals surface area (Å²) in [7, 11) is 0. The lowest BCUT2D eigenvalue weighted by molar-refractivity contribution is 0.634. The third-order valence-electron chi connectivity index (χ3n) is 3.39. The van der Waals surface area contributed by atoms with Crippen molar-refractivity contribution < 1.29 is 0 Å². The van der Waals surface area contributed by atoms with Crippen molar-refractivity contribution in [2.45, 2.75) is 36.5 Å². The summed E-state index contributed by atoms with van der Waals surface area (Å²) in [6.07, 6.45) is 0.941. The van der Waals surface area contributed by atoms with Crippen molar-refractivity contribution in [3.8, 4) is 0 Å². The maximum Gasteiger partial charge on any atom is 0.0496 e. The lowest BCUT2D eigenvalue weighted by Gasteiger charge is -2.24. The molecule has 3 heteroatoms. The van der Waals surface area contributed by atoms with E-state index in [4.69, 9.17) is 17.3 Å². The average Bonchev–Trinajstić information content (AvgIpc) is 2.45. The third kappa shape index (κ3) is 3.78. The molecule has 0 fully saturated rings. The Hall–Kier alpha value is -0.960. The van der Waals surface area contributed by atoms with E-state index in [0.717, 1.165) is 11.4 Å². The van der Waals surface area contributed by atoms with Gasteiger partial charge in [-0.05, 0) is 42.7 Å². The second-order valence-electron chi connectivity index (χ2n) is 4.93. The molecule has 0 amide bonds. The number of thioether (sulfide) groups is 1. The number of hydrogen-bond acceptors (Lipinski definition) is 2. The predicted octanol–water partition coefficient (Wildman–Crippen LogP) is 5.22. The maximum atomic E-state index is 6.33. The van der Waals surface area contributed by atoms with Crippen LogP contribution in [0.5, 0.6) is 0 Å². The van der Waals surface area contributed by atoms with E-state index in [1.165, 1.54) is 16.0 Å². The maximum absolute atomic E-state index is 6.33. The van der Waals surface area contributed by atoms with Gasteiger partial charge in [0.2, 0.25) is 0 Å². The Morgan fingerprint density at radius 3 is 2.55 bits per heavy atom. The highest BCUT2D eigenvalue weighted by atomic mass is 35.5. The number of rotatable bonds is 5. The Labute approximate surface area is 130 Å². The van der Waals surface area contributed by atoms with Crippen molar-refractivity contribution >= 4 is 23.4 Å². The van der Waals surface area contributed by atoms with E-state index in [2.05, 4.69) is 44.2 Å². The van der Waals surface area contributed by atoms with Crippen LogP contribution in [0.3, 0.4) is 0 Å². The first-order valence-electron chi connectivity index (χ1n) is 6.85. The van der Waals surface area contributed by atoms with E-state index in [9.17, 15) is 0 Å². The summed E-state index contributed by atoms with van der Waals surface area (Å²) < 4.78 is 0. The monoisotopic (exact) mass is 305 g/mol. The molecule has 2 aromatic carbocycles. The van der Waals surface area contributed by atoms with E-state index < -0.39 is 0 Å². The number of hydrogen-bond donors (Lipinski definition) is 1. The largest absolute Gasteiger partial charge is 0.326 e. The summed E-state index contributed by atoms with van der Waals surface area (Å²) in [4.78, 5) is 1.28. The molecule has 0 radical (unpaired) electrons. The molecule has 106 valence electrons. The van der Waals surface area contributed by atoms with Gasteiger partial charge in [0.1, 0.15) is 0 Å². The highest BCUT2D eigenvalue weighted by molar-refractivity contribution is 7.99. The summed E-state index contributed by atoms with van der Waals surface area (Å²) in [6, 6.07) is 16.6.